The van der Waals surface area contributed by atoms with Gasteiger partial charge in [-0.15, -0.1) is 0 Å². The van der Waals surface area contributed by atoms with Gasteiger partial charge >= 0.3 is 0 Å². The molecule has 0 radical (unpaired) electrons. The molecule has 0 heterocycles. The number of nitriles is 1. The Bertz CT molecular complexity index is 509. The van der Waals surface area contributed by atoms with Crippen molar-refractivity contribution in [2.24, 2.45) is 5.41 Å². The molecule has 0 bridgehead atoms. The van der Waals surface area contributed by atoms with E-state index in [9.17, 15) is 0 Å². The molecule has 114 valence electrons. The predicted octanol–water partition coefficient (Wildman–Crippen LogP) is 3.26. The SMILES string of the molecule is COCCNCc1ccc(OCC2(CC#N)CC2)c(Br)c1. The Morgan fingerprint density at radius 3 is 2.86 bits per heavy atom. The Morgan fingerprint density at radius 1 is 1.43 bits per heavy atom. The minimum atomic E-state index is 0.106. The number of hydrogen-bond acceptors (Lipinski definition) is 4. The minimum Gasteiger partial charge on any atom is -0.492 e. The molecule has 1 aliphatic rings. The van der Waals surface area contributed by atoms with Crippen molar-refractivity contribution in [2.75, 3.05) is 26.9 Å². The highest BCUT2D eigenvalue weighted by Gasteiger charge is 2.43. The predicted molar refractivity (Wildman–Crippen MR) is 85.1 cm³/mol. The summed E-state index contributed by atoms with van der Waals surface area (Å²) in [5.74, 6) is 0.847. The topological polar surface area (TPSA) is 54.3 Å². The summed E-state index contributed by atoms with van der Waals surface area (Å²) in [4.78, 5) is 0. The van der Waals surface area contributed by atoms with Gasteiger partial charge in [0.05, 0.1) is 23.8 Å². The molecule has 0 aliphatic heterocycles. The lowest BCUT2D eigenvalue weighted by molar-refractivity contribution is 0.199. The van der Waals surface area contributed by atoms with Crippen molar-refractivity contribution < 1.29 is 9.47 Å². The van der Waals surface area contributed by atoms with Crippen LogP contribution in [-0.2, 0) is 11.3 Å². The Balaban J connectivity index is 1.83. The number of hydrogen-bond donors (Lipinski definition) is 1. The van der Waals surface area contributed by atoms with Gasteiger partial charge in [0.15, 0.2) is 0 Å². The van der Waals surface area contributed by atoms with Gasteiger partial charge in [-0.3, -0.25) is 0 Å². The Hall–Kier alpha value is -1.09. The van der Waals surface area contributed by atoms with Gasteiger partial charge in [0.2, 0.25) is 0 Å². The van der Waals surface area contributed by atoms with Gasteiger partial charge in [-0.25, -0.2) is 0 Å². The fraction of sp³-hybridized carbons (Fsp3) is 0.562. The van der Waals surface area contributed by atoms with Crippen molar-refractivity contribution in [1.82, 2.24) is 5.32 Å². The summed E-state index contributed by atoms with van der Waals surface area (Å²) < 4.78 is 11.8. The lowest BCUT2D eigenvalue weighted by Gasteiger charge is -2.14. The molecule has 0 spiro atoms. The fourth-order valence-electron chi connectivity index (χ4n) is 2.13. The van der Waals surface area contributed by atoms with Crippen LogP contribution < -0.4 is 10.1 Å². The molecule has 5 heteroatoms. The highest BCUT2D eigenvalue weighted by Crippen LogP contribution is 2.49. The van der Waals surface area contributed by atoms with Crippen molar-refractivity contribution in [2.45, 2.75) is 25.8 Å². The summed E-state index contributed by atoms with van der Waals surface area (Å²) in [6.45, 7) is 2.98. The first kappa shape index (κ1) is 16.3. The first-order valence-electron chi connectivity index (χ1n) is 7.17. The molecule has 1 fully saturated rings. The lowest BCUT2D eigenvalue weighted by Crippen LogP contribution is -2.18. The van der Waals surface area contributed by atoms with Crippen LogP contribution in [0.4, 0.5) is 0 Å². The summed E-state index contributed by atoms with van der Waals surface area (Å²) >= 11 is 3.55. The third kappa shape index (κ3) is 4.99. The molecule has 0 amide bonds. The van der Waals surface area contributed by atoms with E-state index in [1.165, 1.54) is 5.56 Å². The third-order valence-corrected chi connectivity index (χ3v) is 4.37. The number of nitrogens with one attached hydrogen (secondary N) is 1. The molecule has 21 heavy (non-hydrogen) atoms. The molecule has 1 aromatic carbocycles. The highest BCUT2D eigenvalue weighted by molar-refractivity contribution is 9.10. The standard InChI is InChI=1S/C16H21BrN2O2/c1-20-9-8-19-11-13-2-3-15(14(17)10-13)21-12-16(4-5-16)6-7-18/h2-3,10,19H,4-6,8-9,11-12H2,1H3. The first-order valence-corrected chi connectivity index (χ1v) is 7.96. The van der Waals surface area contributed by atoms with Crippen LogP contribution in [0.3, 0.4) is 0 Å². The molecule has 1 N–H and O–H groups in total. The summed E-state index contributed by atoms with van der Waals surface area (Å²) in [5, 5.41) is 12.1. The smallest absolute Gasteiger partial charge is 0.133 e. The zero-order valence-corrected chi connectivity index (χ0v) is 13.9. The van der Waals surface area contributed by atoms with Crippen LogP contribution in [0.2, 0.25) is 0 Å². The van der Waals surface area contributed by atoms with E-state index in [2.05, 4.69) is 39.4 Å². The molecule has 1 aromatic rings. The van der Waals surface area contributed by atoms with E-state index in [1.807, 2.05) is 6.07 Å². The fourth-order valence-corrected chi connectivity index (χ4v) is 2.67. The van der Waals surface area contributed by atoms with E-state index in [0.29, 0.717) is 19.6 Å². The molecule has 1 saturated carbocycles. The number of ether oxygens (including phenoxy) is 2. The maximum atomic E-state index is 8.82. The second kappa shape index (κ2) is 7.79. The normalized spacial score (nSPS) is 15.5. The summed E-state index contributed by atoms with van der Waals surface area (Å²) in [6, 6.07) is 8.37. The molecule has 0 aromatic heterocycles. The second-order valence-corrected chi connectivity index (χ2v) is 6.41. The molecule has 2 rings (SSSR count). The third-order valence-electron chi connectivity index (χ3n) is 3.75. The molecule has 4 nitrogen and oxygen atoms in total. The molecular formula is C16H21BrN2O2. The van der Waals surface area contributed by atoms with Gasteiger partial charge < -0.3 is 14.8 Å². The number of nitrogens with zero attached hydrogens (tertiary/aromatic N) is 1. The van der Waals surface area contributed by atoms with Crippen LogP contribution >= 0.6 is 15.9 Å². The minimum absolute atomic E-state index is 0.106. The van der Waals surface area contributed by atoms with E-state index in [0.717, 1.165) is 36.2 Å². The molecule has 0 saturated heterocycles. The van der Waals surface area contributed by atoms with Crippen molar-refractivity contribution in [3.8, 4) is 11.8 Å². The average Bonchev–Trinajstić information content (AvgIpc) is 3.23. The maximum Gasteiger partial charge on any atom is 0.133 e. The van der Waals surface area contributed by atoms with Gasteiger partial charge in [-0.1, -0.05) is 6.07 Å². The van der Waals surface area contributed by atoms with Crippen LogP contribution in [0, 0.1) is 16.7 Å². The average molecular weight is 353 g/mol. The van der Waals surface area contributed by atoms with Crippen LogP contribution in [0.5, 0.6) is 5.75 Å². The highest BCUT2D eigenvalue weighted by atomic mass is 79.9. The van der Waals surface area contributed by atoms with E-state index in [-0.39, 0.29) is 5.41 Å². The summed E-state index contributed by atoms with van der Waals surface area (Å²) in [7, 11) is 1.70. The lowest BCUT2D eigenvalue weighted by atomic mass is 10.1. The monoisotopic (exact) mass is 352 g/mol. The molecule has 0 unspecified atom stereocenters. The van der Waals surface area contributed by atoms with Crippen molar-refractivity contribution >= 4 is 15.9 Å². The molecule has 1 aliphatic carbocycles. The number of rotatable bonds is 9. The number of methoxy groups -OCH3 is 1. The van der Waals surface area contributed by atoms with Crippen molar-refractivity contribution in [3.05, 3.63) is 28.2 Å². The first-order chi connectivity index (χ1) is 10.2. The van der Waals surface area contributed by atoms with E-state index in [4.69, 9.17) is 14.7 Å². The van der Waals surface area contributed by atoms with Gasteiger partial charge in [0.25, 0.3) is 0 Å². The molecular weight excluding hydrogens is 332 g/mol. The maximum absolute atomic E-state index is 8.82. The second-order valence-electron chi connectivity index (χ2n) is 5.56. The zero-order chi connectivity index (χ0) is 15.1. The Morgan fingerprint density at radius 2 is 2.24 bits per heavy atom. The van der Waals surface area contributed by atoms with E-state index < -0.39 is 0 Å². The van der Waals surface area contributed by atoms with Gasteiger partial charge in [0.1, 0.15) is 5.75 Å². The van der Waals surface area contributed by atoms with Gasteiger partial charge in [-0.2, -0.15) is 5.26 Å². The van der Waals surface area contributed by atoms with Gasteiger partial charge in [0, 0.05) is 32.0 Å². The number of halogens is 1. The van der Waals surface area contributed by atoms with Crippen LogP contribution in [0.1, 0.15) is 24.8 Å². The van der Waals surface area contributed by atoms with Gasteiger partial charge in [-0.05, 0) is 46.5 Å². The zero-order valence-electron chi connectivity index (χ0n) is 12.3. The molecule has 0 atom stereocenters. The van der Waals surface area contributed by atoms with Crippen LogP contribution in [-0.4, -0.2) is 26.9 Å². The summed E-state index contributed by atoms with van der Waals surface area (Å²) in [5.41, 5.74) is 1.30. The van der Waals surface area contributed by atoms with Crippen molar-refractivity contribution in [3.63, 3.8) is 0 Å². The Kier molecular flexibility index (Phi) is 6.04. The van der Waals surface area contributed by atoms with E-state index >= 15 is 0 Å². The quantitative estimate of drug-likeness (QED) is 0.693. The largest absolute Gasteiger partial charge is 0.492 e. The Labute approximate surface area is 134 Å². The number of benzene rings is 1. The summed E-state index contributed by atoms with van der Waals surface area (Å²) in [6.07, 6.45) is 2.78. The van der Waals surface area contributed by atoms with Crippen molar-refractivity contribution in [1.29, 1.82) is 5.26 Å². The van der Waals surface area contributed by atoms with Crippen LogP contribution in [0.15, 0.2) is 22.7 Å². The van der Waals surface area contributed by atoms with E-state index in [1.54, 1.807) is 7.11 Å². The van der Waals surface area contributed by atoms with Crippen LogP contribution in [0.25, 0.3) is 0 Å².